The molecule has 1 atom stereocenters. The normalized spacial score (nSPS) is 18.5. The van der Waals surface area contributed by atoms with Crippen LogP contribution in [0.3, 0.4) is 0 Å². The first-order valence-electron chi connectivity index (χ1n) is 9.48. The molecule has 0 spiro atoms. The Morgan fingerprint density at radius 3 is 2.33 bits per heavy atom. The van der Waals surface area contributed by atoms with Gasteiger partial charge in [0.1, 0.15) is 29.5 Å². The van der Waals surface area contributed by atoms with Crippen molar-refractivity contribution in [2.24, 2.45) is 0 Å². The average molecular weight is 387 g/mol. The maximum atomic E-state index is 11.6. The van der Waals surface area contributed by atoms with Gasteiger partial charge in [-0.3, -0.25) is 4.79 Å². The summed E-state index contributed by atoms with van der Waals surface area (Å²) in [6, 6.07) is 5.96. The van der Waals surface area contributed by atoms with Crippen LogP contribution in [0.2, 0.25) is 13.1 Å². The molecule has 146 valence electrons. The summed E-state index contributed by atoms with van der Waals surface area (Å²) < 4.78 is 18.6. The summed E-state index contributed by atoms with van der Waals surface area (Å²) in [5.41, 5.74) is 2.10. The van der Waals surface area contributed by atoms with Crippen molar-refractivity contribution in [1.82, 2.24) is 0 Å². The van der Waals surface area contributed by atoms with E-state index in [0.717, 1.165) is 39.7 Å². The number of hydrogen-bond donors (Lipinski definition) is 0. The molecule has 1 aliphatic heterocycles. The molecule has 1 aliphatic rings. The molecule has 0 saturated heterocycles. The summed E-state index contributed by atoms with van der Waals surface area (Å²) in [5, 5.41) is 2.01. The largest absolute Gasteiger partial charge is 0.496 e. The third-order valence-electron chi connectivity index (χ3n) is 5.06. The van der Waals surface area contributed by atoms with Gasteiger partial charge in [0.15, 0.2) is 9.04 Å². The summed E-state index contributed by atoms with van der Waals surface area (Å²) in [4.78, 5) is 11.6. The quantitative estimate of drug-likeness (QED) is 0.537. The lowest BCUT2D eigenvalue weighted by Gasteiger charge is -2.28. The molecule has 0 amide bonds. The second-order valence-electron chi connectivity index (χ2n) is 9.12. The smallest absolute Gasteiger partial charge is 0.172 e. The van der Waals surface area contributed by atoms with Gasteiger partial charge in [-0.1, -0.05) is 20.8 Å². The van der Waals surface area contributed by atoms with E-state index in [9.17, 15) is 4.79 Å². The summed E-state index contributed by atoms with van der Waals surface area (Å²) in [6.45, 7) is 14.9. The second-order valence-corrected chi connectivity index (χ2v) is 11.5. The number of methoxy groups -OCH3 is 1. The van der Waals surface area contributed by atoms with Crippen LogP contribution in [0.5, 0.6) is 11.5 Å². The third kappa shape index (κ3) is 3.39. The van der Waals surface area contributed by atoms with Crippen LogP contribution in [0.15, 0.2) is 18.2 Å². The van der Waals surface area contributed by atoms with E-state index in [-0.39, 0.29) is 11.5 Å². The van der Waals surface area contributed by atoms with Gasteiger partial charge in [0.05, 0.1) is 12.7 Å². The highest BCUT2D eigenvalue weighted by molar-refractivity contribution is 6.48. The van der Waals surface area contributed by atoms with Crippen LogP contribution in [-0.2, 0) is 9.84 Å². The Balaban J connectivity index is 2.40. The molecule has 0 bridgehead atoms. The number of ether oxygens (including phenoxy) is 2. The van der Waals surface area contributed by atoms with E-state index >= 15 is 0 Å². The molecule has 1 unspecified atom stereocenters. The minimum absolute atomic E-state index is 0.120. The van der Waals surface area contributed by atoms with Crippen molar-refractivity contribution in [3.05, 3.63) is 34.9 Å². The lowest BCUT2D eigenvalue weighted by molar-refractivity contribution is 0.0153. The van der Waals surface area contributed by atoms with Crippen LogP contribution in [0, 0.1) is 0 Å². The number of hydrogen-bond acceptors (Lipinski definition) is 4. The van der Waals surface area contributed by atoms with Gasteiger partial charge >= 0.3 is 0 Å². The molecule has 0 fully saturated rings. The van der Waals surface area contributed by atoms with Crippen LogP contribution in [-0.4, -0.2) is 28.0 Å². The Bertz CT molecular complexity index is 894. The van der Waals surface area contributed by atoms with Crippen molar-refractivity contribution in [2.45, 2.75) is 64.8 Å². The predicted octanol–water partition coefficient (Wildman–Crippen LogP) is 5.17. The predicted molar refractivity (Wildman–Crippen MR) is 112 cm³/mol. The molecule has 0 aromatic heterocycles. The van der Waals surface area contributed by atoms with Gasteiger partial charge < -0.3 is 13.9 Å². The molecule has 27 heavy (non-hydrogen) atoms. The molecule has 0 radical (unpaired) electrons. The van der Waals surface area contributed by atoms with E-state index in [2.05, 4.69) is 39.9 Å². The van der Waals surface area contributed by atoms with Crippen molar-refractivity contribution >= 4 is 26.1 Å². The van der Waals surface area contributed by atoms with E-state index in [1.807, 2.05) is 26.0 Å². The summed E-state index contributed by atoms with van der Waals surface area (Å²) in [5.74, 6) is 1.57. The van der Waals surface area contributed by atoms with Crippen molar-refractivity contribution < 1.29 is 18.7 Å². The number of benzene rings is 2. The van der Waals surface area contributed by atoms with E-state index in [1.165, 1.54) is 0 Å². The fourth-order valence-electron chi connectivity index (χ4n) is 3.87. The fourth-order valence-corrected chi connectivity index (χ4v) is 4.88. The highest BCUT2D eigenvalue weighted by Crippen LogP contribution is 2.54. The van der Waals surface area contributed by atoms with E-state index in [4.69, 9.17) is 13.9 Å². The Hall–Kier alpha value is -1.85. The first kappa shape index (κ1) is 19.9. The molecule has 3 rings (SSSR count). The highest BCUT2D eigenvalue weighted by atomic mass is 28.3. The van der Waals surface area contributed by atoms with Crippen LogP contribution in [0.25, 0.3) is 10.8 Å². The molecular formula is C22H30O4Si. The van der Waals surface area contributed by atoms with Gasteiger partial charge in [-0.05, 0) is 61.5 Å². The summed E-state index contributed by atoms with van der Waals surface area (Å²) in [7, 11) is 0.384. The van der Waals surface area contributed by atoms with E-state index in [1.54, 1.807) is 7.11 Å². The Morgan fingerprint density at radius 1 is 1.15 bits per heavy atom. The number of carbonyl (C=O) groups excluding carboxylic acids is 1. The second kappa shape index (κ2) is 6.64. The zero-order valence-corrected chi connectivity index (χ0v) is 18.8. The maximum absolute atomic E-state index is 11.6. The zero-order valence-electron chi connectivity index (χ0n) is 17.6. The lowest BCUT2D eigenvalue weighted by Crippen LogP contribution is -2.34. The number of aldehydes is 1. The fraction of sp³-hybridized carbons (Fsp3) is 0.500. The average Bonchev–Trinajstić information content (AvgIpc) is 2.83. The van der Waals surface area contributed by atoms with Gasteiger partial charge in [0.2, 0.25) is 0 Å². The lowest BCUT2D eigenvalue weighted by atomic mass is 9.82. The minimum Gasteiger partial charge on any atom is -0.496 e. The van der Waals surface area contributed by atoms with Crippen molar-refractivity contribution in [3.8, 4) is 11.5 Å². The Labute approximate surface area is 163 Å². The monoisotopic (exact) mass is 386 g/mol. The maximum Gasteiger partial charge on any atom is 0.172 e. The molecule has 1 heterocycles. The topological polar surface area (TPSA) is 44.8 Å². The van der Waals surface area contributed by atoms with Gasteiger partial charge in [-0.2, -0.15) is 0 Å². The van der Waals surface area contributed by atoms with E-state index in [0.29, 0.717) is 5.56 Å². The summed E-state index contributed by atoms with van der Waals surface area (Å²) in [6.07, 6.45) is 0.719. The van der Waals surface area contributed by atoms with Gasteiger partial charge in [-0.25, -0.2) is 0 Å². The molecule has 4 nitrogen and oxygen atoms in total. The number of rotatable bonds is 4. The SMILES string of the molecule is COc1cc2c(C(C)(C)C)cc(C=O)cc2c2c1C(O[SiH](C)C)C(C)(C)O2. The zero-order chi connectivity index (χ0) is 20.1. The minimum atomic E-state index is -1.30. The molecule has 5 heteroatoms. The Morgan fingerprint density at radius 2 is 1.81 bits per heavy atom. The molecule has 0 aliphatic carbocycles. The standard InChI is InChI=1S/C22H30O4Si/c1-21(2,3)16-10-13(12-23)9-15-14(16)11-17(24-6)18-19(15)25-22(4,5)20(18)26-27(7)8/h9-12,20,27H,1-8H3. The van der Waals surface area contributed by atoms with E-state index < -0.39 is 14.6 Å². The summed E-state index contributed by atoms with van der Waals surface area (Å²) >= 11 is 0. The van der Waals surface area contributed by atoms with Gasteiger partial charge in [0.25, 0.3) is 0 Å². The third-order valence-corrected chi connectivity index (χ3v) is 5.88. The van der Waals surface area contributed by atoms with Crippen molar-refractivity contribution in [2.75, 3.05) is 7.11 Å². The van der Waals surface area contributed by atoms with Crippen LogP contribution in [0.1, 0.15) is 62.2 Å². The first-order valence-corrected chi connectivity index (χ1v) is 12.3. The molecule has 0 N–H and O–H groups in total. The molecule has 2 aromatic rings. The first-order chi connectivity index (χ1) is 12.5. The highest BCUT2D eigenvalue weighted by Gasteiger charge is 2.45. The van der Waals surface area contributed by atoms with Crippen LogP contribution >= 0.6 is 0 Å². The molecular weight excluding hydrogens is 356 g/mol. The van der Waals surface area contributed by atoms with Crippen LogP contribution in [0.4, 0.5) is 0 Å². The number of fused-ring (bicyclic) bond motifs is 3. The Kier molecular flexibility index (Phi) is 4.89. The van der Waals surface area contributed by atoms with Crippen molar-refractivity contribution in [3.63, 3.8) is 0 Å². The van der Waals surface area contributed by atoms with Crippen molar-refractivity contribution in [1.29, 1.82) is 0 Å². The van der Waals surface area contributed by atoms with Crippen LogP contribution < -0.4 is 9.47 Å². The van der Waals surface area contributed by atoms with Gasteiger partial charge in [-0.15, -0.1) is 0 Å². The molecule has 0 saturated carbocycles. The van der Waals surface area contributed by atoms with Gasteiger partial charge in [0, 0.05) is 10.9 Å². The molecule has 2 aromatic carbocycles. The number of carbonyl (C=O) groups is 1.